The highest BCUT2D eigenvalue weighted by atomic mass is 19.2. The van der Waals surface area contributed by atoms with Crippen molar-refractivity contribution in [3.63, 3.8) is 0 Å². The van der Waals surface area contributed by atoms with Crippen molar-refractivity contribution in [2.75, 3.05) is 13.2 Å². The zero-order valence-electron chi connectivity index (χ0n) is 19.9. The Morgan fingerprint density at radius 1 is 1.06 bits per heavy atom. The van der Waals surface area contributed by atoms with E-state index in [1.807, 2.05) is 44.3 Å². The minimum atomic E-state index is -1.56. The molecule has 0 saturated carbocycles. The standard InChI is InChI=1S/C28H27F3N2O3/c1-3-10-36-26-9-8-17(18-12-22(29)27(31)23(30)13-18)11-20(26)28(35)33-25(15-34)16(2)21-14-32-24-7-5-4-6-19(21)24/h4-9,11-14,16,25,32,34H,3,10,15H2,1-2H3,(H,33,35)/t16-,25?/m1/s1. The van der Waals surface area contributed by atoms with Crippen LogP contribution in [-0.4, -0.2) is 35.3 Å². The topological polar surface area (TPSA) is 74.3 Å². The first kappa shape index (κ1) is 25.3. The van der Waals surface area contributed by atoms with Gasteiger partial charge in [0.25, 0.3) is 5.91 Å². The van der Waals surface area contributed by atoms with Crippen molar-refractivity contribution in [1.82, 2.24) is 10.3 Å². The van der Waals surface area contributed by atoms with Gasteiger partial charge in [0.05, 0.1) is 24.8 Å². The second-order valence-corrected chi connectivity index (χ2v) is 8.65. The van der Waals surface area contributed by atoms with Gasteiger partial charge in [-0.15, -0.1) is 0 Å². The zero-order valence-corrected chi connectivity index (χ0v) is 19.9. The summed E-state index contributed by atoms with van der Waals surface area (Å²) in [7, 11) is 0. The molecule has 0 aliphatic heterocycles. The van der Waals surface area contributed by atoms with Crippen LogP contribution in [0.25, 0.3) is 22.0 Å². The van der Waals surface area contributed by atoms with Gasteiger partial charge in [-0.2, -0.15) is 0 Å². The molecular weight excluding hydrogens is 469 g/mol. The predicted molar refractivity (Wildman–Crippen MR) is 133 cm³/mol. The largest absolute Gasteiger partial charge is 0.493 e. The number of aromatic nitrogens is 1. The summed E-state index contributed by atoms with van der Waals surface area (Å²) in [4.78, 5) is 16.6. The van der Waals surface area contributed by atoms with E-state index < -0.39 is 29.4 Å². The third kappa shape index (κ3) is 5.09. The normalized spacial score (nSPS) is 12.9. The molecule has 1 unspecified atom stereocenters. The molecule has 36 heavy (non-hydrogen) atoms. The monoisotopic (exact) mass is 496 g/mol. The molecule has 0 aliphatic rings. The molecule has 3 aromatic carbocycles. The average molecular weight is 497 g/mol. The number of aliphatic hydroxyl groups excluding tert-OH is 1. The van der Waals surface area contributed by atoms with Crippen molar-refractivity contribution < 1.29 is 27.8 Å². The number of hydrogen-bond acceptors (Lipinski definition) is 3. The fraction of sp³-hybridized carbons (Fsp3) is 0.250. The molecule has 0 fully saturated rings. The number of para-hydroxylation sites is 1. The third-order valence-corrected chi connectivity index (χ3v) is 6.23. The molecule has 0 spiro atoms. The highest BCUT2D eigenvalue weighted by molar-refractivity contribution is 5.98. The summed E-state index contributed by atoms with van der Waals surface area (Å²) in [5.41, 5.74) is 2.42. The fourth-order valence-electron chi connectivity index (χ4n) is 4.21. The van der Waals surface area contributed by atoms with Crippen LogP contribution in [0.1, 0.15) is 42.1 Å². The molecule has 1 aromatic heterocycles. The summed E-state index contributed by atoms with van der Waals surface area (Å²) in [5, 5.41) is 14.0. The van der Waals surface area contributed by atoms with Crippen molar-refractivity contribution in [1.29, 1.82) is 0 Å². The van der Waals surface area contributed by atoms with Gasteiger partial charge in [-0.1, -0.05) is 38.1 Å². The summed E-state index contributed by atoms with van der Waals surface area (Å²) >= 11 is 0. The van der Waals surface area contributed by atoms with Crippen LogP contribution >= 0.6 is 0 Å². The molecule has 0 aliphatic carbocycles. The number of hydrogen-bond donors (Lipinski definition) is 3. The van der Waals surface area contributed by atoms with Crippen molar-refractivity contribution in [2.24, 2.45) is 0 Å². The Hall–Kier alpha value is -3.78. The number of carbonyl (C=O) groups excluding carboxylic acids is 1. The Balaban J connectivity index is 1.66. The lowest BCUT2D eigenvalue weighted by Gasteiger charge is -2.24. The summed E-state index contributed by atoms with van der Waals surface area (Å²) in [6.45, 7) is 3.87. The van der Waals surface area contributed by atoms with Crippen molar-refractivity contribution in [3.8, 4) is 16.9 Å². The highest BCUT2D eigenvalue weighted by Crippen LogP contribution is 2.31. The second kappa shape index (κ2) is 10.9. The van der Waals surface area contributed by atoms with Crippen molar-refractivity contribution in [3.05, 3.63) is 89.4 Å². The number of aromatic amines is 1. The zero-order chi connectivity index (χ0) is 25.8. The number of fused-ring (bicyclic) bond motifs is 1. The Bertz CT molecular complexity index is 1360. The number of benzene rings is 3. The van der Waals surface area contributed by atoms with Crippen LogP contribution in [0.15, 0.2) is 60.8 Å². The number of halogens is 3. The molecule has 4 aromatic rings. The number of amides is 1. The number of rotatable bonds is 9. The summed E-state index contributed by atoms with van der Waals surface area (Å²) in [6, 6.07) is 13.4. The van der Waals surface area contributed by atoms with E-state index >= 15 is 0 Å². The maximum atomic E-state index is 13.8. The molecule has 1 amide bonds. The Morgan fingerprint density at radius 3 is 2.47 bits per heavy atom. The first-order valence-corrected chi connectivity index (χ1v) is 11.7. The van der Waals surface area contributed by atoms with Gasteiger partial charge in [0.15, 0.2) is 17.5 Å². The molecule has 188 valence electrons. The van der Waals surface area contributed by atoms with Gasteiger partial charge in [-0.25, -0.2) is 13.2 Å². The van der Waals surface area contributed by atoms with Crippen LogP contribution in [0.3, 0.4) is 0 Å². The van der Waals surface area contributed by atoms with E-state index in [1.165, 1.54) is 12.1 Å². The molecular formula is C28H27F3N2O3. The lowest BCUT2D eigenvalue weighted by Crippen LogP contribution is -2.41. The fourth-order valence-corrected chi connectivity index (χ4v) is 4.21. The van der Waals surface area contributed by atoms with Gasteiger partial charge < -0.3 is 20.1 Å². The van der Waals surface area contributed by atoms with Gasteiger partial charge in [0.2, 0.25) is 0 Å². The molecule has 1 heterocycles. The van der Waals surface area contributed by atoms with E-state index in [2.05, 4.69) is 10.3 Å². The Morgan fingerprint density at radius 2 is 1.78 bits per heavy atom. The molecule has 5 nitrogen and oxygen atoms in total. The van der Waals surface area contributed by atoms with Gasteiger partial charge in [-0.3, -0.25) is 4.79 Å². The number of nitrogens with one attached hydrogen (secondary N) is 2. The lowest BCUT2D eigenvalue weighted by molar-refractivity contribution is 0.0903. The first-order valence-electron chi connectivity index (χ1n) is 11.7. The van der Waals surface area contributed by atoms with Crippen LogP contribution in [-0.2, 0) is 0 Å². The summed E-state index contributed by atoms with van der Waals surface area (Å²) in [6.07, 6.45) is 2.56. The van der Waals surface area contributed by atoms with Crippen molar-refractivity contribution >= 4 is 16.8 Å². The highest BCUT2D eigenvalue weighted by Gasteiger charge is 2.25. The second-order valence-electron chi connectivity index (χ2n) is 8.65. The van der Waals surface area contributed by atoms with Gasteiger partial charge >= 0.3 is 0 Å². The molecule has 8 heteroatoms. The number of aliphatic hydroxyl groups is 1. The quantitative estimate of drug-likeness (QED) is 0.251. The van der Waals surface area contributed by atoms with E-state index in [4.69, 9.17) is 4.74 Å². The van der Waals surface area contributed by atoms with Gasteiger partial charge in [-0.05, 0) is 53.4 Å². The van der Waals surface area contributed by atoms with E-state index in [-0.39, 0.29) is 29.4 Å². The van der Waals surface area contributed by atoms with Crippen LogP contribution in [0.4, 0.5) is 13.2 Å². The SMILES string of the molecule is CCCOc1ccc(-c2cc(F)c(F)c(F)c2)cc1C(=O)NC(CO)[C@H](C)c1c[nH]c2ccccc12. The Labute approximate surface area is 206 Å². The molecule has 4 rings (SSSR count). The smallest absolute Gasteiger partial charge is 0.255 e. The maximum Gasteiger partial charge on any atom is 0.255 e. The van der Waals surface area contributed by atoms with Crippen LogP contribution in [0.2, 0.25) is 0 Å². The summed E-state index contributed by atoms with van der Waals surface area (Å²) < 4.78 is 46.9. The van der Waals surface area contributed by atoms with Gasteiger partial charge in [0.1, 0.15) is 5.75 Å². The van der Waals surface area contributed by atoms with Crippen molar-refractivity contribution in [2.45, 2.75) is 32.2 Å². The number of H-pyrrole nitrogens is 1. The van der Waals surface area contributed by atoms with Gasteiger partial charge in [0, 0.05) is 23.0 Å². The third-order valence-electron chi connectivity index (χ3n) is 6.23. The molecule has 0 saturated heterocycles. The minimum Gasteiger partial charge on any atom is -0.493 e. The number of ether oxygens (including phenoxy) is 1. The number of carbonyl (C=O) groups is 1. The van der Waals surface area contributed by atoms with E-state index in [1.54, 1.807) is 6.07 Å². The molecule has 3 N–H and O–H groups in total. The molecule has 0 bridgehead atoms. The summed E-state index contributed by atoms with van der Waals surface area (Å²) in [5.74, 6) is -4.67. The Kier molecular flexibility index (Phi) is 7.64. The first-order chi connectivity index (χ1) is 17.3. The molecule has 0 radical (unpaired) electrons. The van der Waals surface area contributed by atoms with E-state index in [0.29, 0.717) is 18.6 Å². The predicted octanol–water partition coefficient (Wildman–Crippen LogP) is 5.94. The molecule has 2 atom stereocenters. The lowest BCUT2D eigenvalue weighted by atomic mass is 9.93. The van der Waals surface area contributed by atoms with Crippen LogP contribution < -0.4 is 10.1 Å². The van der Waals surface area contributed by atoms with Crippen LogP contribution in [0.5, 0.6) is 5.75 Å². The van der Waals surface area contributed by atoms with E-state index in [0.717, 1.165) is 28.6 Å². The maximum absolute atomic E-state index is 13.8. The van der Waals surface area contributed by atoms with Crippen LogP contribution in [0, 0.1) is 17.5 Å². The van der Waals surface area contributed by atoms with E-state index in [9.17, 15) is 23.1 Å². The minimum absolute atomic E-state index is 0.0772. The average Bonchev–Trinajstić information content (AvgIpc) is 3.32.